The molecule has 2 aromatic rings. The molecule has 0 atom stereocenters. The minimum Gasteiger partial charge on any atom is -0.374 e. The van der Waals surface area contributed by atoms with E-state index in [4.69, 9.17) is 17.3 Å². The fourth-order valence-corrected chi connectivity index (χ4v) is 4.17. The van der Waals surface area contributed by atoms with Crippen molar-refractivity contribution in [3.05, 3.63) is 34.0 Å². The Labute approximate surface area is 139 Å². The SMILES string of the molecule is C=CCN(Cc1ccc(Cl)s1)C(=O)CSc1nnc(N)s1. The molecule has 0 radical (unpaired) electrons. The number of hydrogen-bond donors (Lipinski definition) is 1. The van der Waals surface area contributed by atoms with E-state index >= 15 is 0 Å². The Kier molecular flexibility index (Phi) is 6.04. The summed E-state index contributed by atoms with van der Waals surface area (Å²) in [6.07, 6.45) is 1.71. The Morgan fingerprint density at radius 2 is 2.29 bits per heavy atom. The van der Waals surface area contributed by atoms with Crippen LogP contribution >= 0.6 is 46.0 Å². The molecule has 2 N–H and O–H groups in total. The number of nitrogens with zero attached hydrogens (tertiary/aromatic N) is 3. The average molecular weight is 361 g/mol. The quantitative estimate of drug-likeness (QED) is 0.606. The highest BCUT2D eigenvalue weighted by molar-refractivity contribution is 8.01. The number of nitrogens with two attached hydrogens (primary N) is 1. The van der Waals surface area contributed by atoms with Gasteiger partial charge in [0.05, 0.1) is 16.6 Å². The molecule has 1 amide bonds. The normalized spacial score (nSPS) is 10.5. The van der Waals surface area contributed by atoms with Crippen LogP contribution in [-0.4, -0.2) is 33.3 Å². The van der Waals surface area contributed by atoms with E-state index < -0.39 is 0 Å². The third-order valence-electron chi connectivity index (χ3n) is 2.42. The lowest BCUT2D eigenvalue weighted by molar-refractivity contribution is -0.128. The van der Waals surface area contributed by atoms with E-state index in [1.807, 2.05) is 12.1 Å². The van der Waals surface area contributed by atoms with Gasteiger partial charge in [-0.15, -0.1) is 28.1 Å². The second-order valence-corrected chi connectivity index (χ2v) is 7.99. The Morgan fingerprint density at radius 1 is 1.48 bits per heavy atom. The fraction of sp³-hybridized carbons (Fsp3) is 0.250. The number of amides is 1. The van der Waals surface area contributed by atoms with Crippen molar-refractivity contribution in [2.45, 2.75) is 10.9 Å². The molecule has 0 saturated carbocycles. The van der Waals surface area contributed by atoms with E-state index in [1.54, 1.807) is 11.0 Å². The molecule has 5 nitrogen and oxygen atoms in total. The molecule has 0 aromatic carbocycles. The lowest BCUT2D eigenvalue weighted by atomic mass is 10.4. The summed E-state index contributed by atoms with van der Waals surface area (Å²) >= 11 is 9.99. The second kappa shape index (κ2) is 7.79. The molecule has 9 heteroatoms. The second-order valence-electron chi connectivity index (χ2n) is 3.96. The first-order valence-corrected chi connectivity index (χ1v) is 8.93. The Bertz CT molecular complexity index is 628. The molecule has 0 unspecified atom stereocenters. The molecular weight excluding hydrogens is 348 g/mol. The molecule has 0 aliphatic rings. The summed E-state index contributed by atoms with van der Waals surface area (Å²) in [5, 5.41) is 8.00. The molecule has 21 heavy (non-hydrogen) atoms. The van der Waals surface area contributed by atoms with Crippen molar-refractivity contribution < 1.29 is 4.79 Å². The van der Waals surface area contributed by atoms with Crippen LogP contribution in [0.3, 0.4) is 0 Å². The van der Waals surface area contributed by atoms with Crippen LogP contribution in [0.4, 0.5) is 5.13 Å². The highest BCUT2D eigenvalue weighted by Crippen LogP contribution is 2.25. The van der Waals surface area contributed by atoms with Gasteiger partial charge in [0.2, 0.25) is 11.0 Å². The van der Waals surface area contributed by atoms with Crippen molar-refractivity contribution >= 4 is 57.1 Å². The van der Waals surface area contributed by atoms with Gasteiger partial charge in [-0.25, -0.2) is 0 Å². The molecule has 0 fully saturated rings. The predicted molar refractivity (Wildman–Crippen MR) is 90.0 cm³/mol. The van der Waals surface area contributed by atoms with Gasteiger partial charge in [0.25, 0.3) is 0 Å². The zero-order valence-corrected chi connectivity index (χ0v) is 14.2. The monoisotopic (exact) mass is 360 g/mol. The highest BCUT2D eigenvalue weighted by atomic mass is 35.5. The summed E-state index contributed by atoms with van der Waals surface area (Å²) in [5.74, 6) is 0.305. The van der Waals surface area contributed by atoms with Crippen LogP contribution in [0.5, 0.6) is 0 Å². The molecule has 0 bridgehead atoms. The first-order valence-electron chi connectivity index (χ1n) is 5.93. The summed E-state index contributed by atoms with van der Waals surface area (Å²) in [4.78, 5) is 15.0. The number of nitrogen functional groups attached to an aromatic ring is 1. The van der Waals surface area contributed by atoms with Crippen molar-refractivity contribution in [1.82, 2.24) is 15.1 Å². The maximum Gasteiger partial charge on any atom is 0.233 e. The number of anilines is 1. The summed E-state index contributed by atoms with van der Waals surface area (Å²) in [7, 11) is 0. The van der Waals surface area contributed by atoms with E-state index in [1.165, 1.54) is 34.4 Å². The van der Waals surface area contributed by atoms with E-state index in [0.717, 1.165) is 9.21 Å². The molecule has 2 aromatic heterocycles. The number of carbonyl (C=O) groups is 1. The molecular formula is C12H13ClN4OS3. The van der Waals surface area contributed by atoms with E-state index in [9.17, 15) is 4.79 Å². The first-order chi connectivity index (χ1) is 10.1. The van der Waals surface area contributed by atoms with Gasteiger partial charge < -0.3 is 10.6 Å². The number of hydrogen-bond acceptors (Lipinski definition) is 7. The molecule has 112 valence electrons. The summed E-state index contributed by atoms with van der Waals surface area (Å²) in [5.41, 5.74) is 5.51. The summed E-state index contributed by atoms with van der Waals surface area (Å²) < 4.78 is 1.41. The smallest absolute Gasteiger partial charge is 0.233 e. The van der Waals surface area contributed by atoms with E-state index in [-0.39, 0.29) is 5.91 Å². The van der Waals surface area contributed by atoms with Crippen LogP contribution in [0.1, 0.15) is 4.88 Å². The number of thioether (sulfide) groups is 1. The topological polar surface area (TPSA) is 72.1 Å². The Balaban J connectivity index is 1.93. The van der Waals surface area contributed by atoms with Gasteiger partial charge in [0.1, 0.15) is 0 Å². The van der Waals surface area contributed by atoms with E-state index in [0.29, 0.717) is 28.3 Å². The zero-order chi connectivity index (χ0) is 15.2. The highest BCUT2D eigenvalue weighted by Gasteiger charge is 2.15. The summed E-state index contributed by atoms with van der Waals surface area (Å²) in [6, 6.07) is 3.76. The van der Waals surface area contributed by atoms with Crippen LogP contribution in [0.15, 0.2) is 29.1 Å². The molecule has 0 aliphatic heterocycles. The van der Waals surface area contributed by atoms with Crippen molar-refractivity contribution in [1.29, 1.82) is 0 Å². The van der Waals surface area contributed by atoms with Gasteiger partial charge in [-0.2, -0.15) is 0 Å². The third kappa shape index (κ3) is 4.99. The first kappa shape index (κ1) is 16.3. The van der Waals surface area contributed by atoms with Gasteiger partial charge in [0.15, 0.2) is 4.34 Å². The molecule has 2 heterocycles. The van der Waals surface area contributed by atoms with Crippen LogP contribution < -0.4 is 5.73 Å². The van der Waals surface area contributed by atoms with Crippen LogP contribution in [0.2, 0.25) is 4.34 Å². The number of halogens is 1. The standard InChI is InChI=1S/C12H13ClN4OS3/c1-2-5-17(6-8-3-4-9(13)20-8)10(18)7-19-12-16-15-11(14)21-12/h2-4H,1,5-7H2,(H2,14,15). The third-order valence-corrected chi connectivity index (χ3v) is 5.51. The van der Waals surface area contributed by atoms with Crippen molar-refractivity contribution in [3.63, 3.8) is 0 Å². The predicted octanol–water partition coefficient (Wildman–Crippen LogP) is 3.14. The Hall–Kier alpha value is -1.09. The average Bonchev–Trinajstić information content (AvgIpc) is 3.04. The van der Waals surface area contributed by atoms with Crippen molar-refractivity contribution in [2.75, 3.05) is 18.0 Å². The lowest BCUT2D eigenvalue weighted by Gasteiger charge is -2.19. The van der Waals surface area contributed by atoms with Gasteiger partial charge in [-0.1, -0.05) is 40.8 Å². The maximum atomic E-state index is 12.3. The molecule has 2 rings (SSSR count). The number of rotatable bonds is 7. The molecule has 0 aliphatic carbocycles. The largest absolute Gasteiger partial charge is 0.374 e. The Morgan fingerprint density at radius 3 is 2.86 bits per heavy atom. The minimum atomic E-state index is 0.0122. The van der Waals surface area contributed by atoms with Crippen molar-refractivity contribution in [3.8, 4) is 0 Å². The van der Waals surface area contributed by atoms with Gasteiger partial charge in [-0.05, 0) is 12.1 Å². The summed E-state index contributed by atoms with van der Waals surface area (Å²) in [6.45, 7) is 4.71. The van der Waals surface area contributed by atoms with Crippen molar-refractivity contribution in [2.24, 2.45) is 0 Å². The molecule has 0 saturated heterocycles. The fourth-order valence-electron chi connectivity index (χ4n) is 1.53. The van der Waals surface area contributed by atoms with Gasteiger partial charge in [0, 0.05) is 11.4 Å². The number of carbonyl (C=O) groups excluding carboxylic acids is 1. The number of thiophene rings is 1. The van der Waals surface area contributed by atoms with Crippen LogP contribution in [0.25, 0.3) is 0 Å². The lowest BCUT2D eigenvalue weighted by Crippen LogP contribution is -2.31. The zero-order valence-electron chi connectivity index (χ0n) is 11.0. The van der Waals surface area contributed by atoms with Crippen LogP contribution in [-0.2, 0) is 11.3 Å². The number of aromatic nitrogens is 2. The van der Waals surface area contributed by atoms with Gasteiger partial charge in [-0.3, -0.25) is 4.79 Å². The minimum absolute atomic E-state index is 0.0122. The van der Waals surface area contributed by atoms with Gasteiger partial charge >= 0.3 is 0 Å². The van der Waals surface area contributed by atoms with E-state index in [2.05, 4.69) is 16.8 Å². The van der Waals surface area contributed by atoms with Crippen LogP contribution in [0, 0.1) is 0 Å². The maximum absolute atomic E-state index is 12.3. The molecule has 0 spiro atoms.